The van der Waals surface area contributed by atoms with E-state index in [2.05, 4.69) is 69.0 Å². The molecule has 0 unspecified atom stereocenters. The van der Waals surface area contributed by atoms with Crippen LogP contribution < -0.4 is 81.2 Å². The number of aliphatic hydroxyl groups is 1. The molecule has 1 heterocycles. The topological polar surface area (TPSA) is 490 Å². The van der Waals surface area contributed by atoms with Crippen molar-refractivity contribution in [3.05, 3.63) is 102 Å². The van der Waals surface area contributed by atoms with Gasteiger partial charge in [-0.2, -0.15) is 0 Å². The van der Waals surface area contributed by atoms with Crippen LogP contribution >= 0.6 is 0 Å². The van der Waals surface area contributed by atoms with E-state index in [4.69, 9.17) is 22.6 Å². The van der Waals surface area contributed by atoms with Gasteiger partial charge in [-0.3, -0.25) is 58.8 Å². The number of rotatable bonds is 34. The summed E-state index contributed by atoms with van der Waals surface area (Å²) in [4.78, 5) is 152. The van der Waals surface area contributed by atoms with E-state index in [1.165, 1.54) is 31.2 Å². The number of carbonyl (C=O) groups excluding carboxylic acids is 11. The lowest BCUT2D eigenvalue weighted by Gasteiger charge is -2.28. The Balaban J connectivity index is 1.49. The number of aromatic hydroxyl groups is 1. The fourth-order valence-corrected chi connectivity index (χ4v) is 9.12. The summed E-state index contributed by atoms with van der Waals surface area (Å²) in [5.41, 5.74) is 23.9. The number of fused-ring (bicyclic) bond motifs is 1. The molecule has 0 saturated carbocycles. The van der Waals surface area contributed by atoms with E-state index in [9.17, 15) is 63.0 Å². The molecule has 0 radical (unpaired) electrons. The van der Waals surface area contributed by atoms with E-state index in [1.807, 2.05) is 24.3 Å². The minimum absolute atomic E-state index is 0.000952. The van der Waals surface area contributed by atoms with Crippen molar-refractivity contribution in [2.24, 2.45) is 23.1 Å². The monoisotopic (exact) mass is 1230 g/mol. The fourth-order valence-electron chi connectivity index (χ4n) is 9.12. The van der Waals surface area contributed by atoms with E-state index in [1.54, 1.807) is 57.4 Å². The highest BCUT2D eigenvalue weighted by Crippen LogP contribution is 2.20. The Morgan fingerprint density at radius 2 is 1.11 bits per heavy atom. The number of phenolic OH excluding ortho intramolecular Hbond substituents is 1. The van der Waals surface area contributed by atoms with Crippen LogP contribution in [0.5, 0.6) is 5.75 Å². The number of aliphatic hydroxyl groups excluding tert-OH is 1. The van der Waals surface area contributed by atoms with E-state index in [-0.39, 0.29) is 82.1 Å². The van der Waals surface area contributed by atoms with Gasteiger partial charge in [-0.15, -0.1) is 0 Å². The molecule has 0 aliphatic carbocycles. The van der Waals surface area contributed by atoms with Gasteiger partial charge in [0.1, 0.15) is 54.1 Å². The van der Waals surface area contributed by atoms with Crippen molar-refractivity contribution in [1.29, 1.82) is 5.41 Å². The van der Waals surface area contributed by atoms with Crippen molar-refractivity contribution in [2.75, 3.05) is 20.1 Å². The summed E-state index contributed by atoms with van der Waals surface area (Å²) >= 11 is 0. The molecule has 0 bridgehead atoms. The summed E-state index contributed by atoms with van der Waals surface area (Å²) < 4.78 is 0. The first kappa shape index (κ1) is 70.6. The number of carbonyl (C=O) groups is 11. The molecule has 30 heteroatoms. The molecule has 4 aromatic rings. The maximum atomic E-state index is 14.1. The van der Waals surface area contributed by atoms with Gasteiger partial charge >= 0.3 is 6.03 Å². The van der Waals surface area contributed by atoms with Gasteiger partial charge in [-0.1, -0.05) is 74.5 Å². The highest BCUT2D eigenvalue weighted by atomic mass is 16.3. The number of guanidine groups is 1. The molecular weight excluding hydrogens is 1140 g/mol. The van der Waals surface area contributed by atoms with E-state index >= 15 is 0 Å². The van der Waals surface area contributed by atoms with Crippen LogP contribution in [0, 0.1) is 11.3 Å². The number of aromatic nitrogens is 1. The summed E-state index contributed by atoms with van der Waals surface area (Å²) in [6.45, 7) is 6.11. The summed E-state index contributed by atoms with van der Waals surface area (Å²) in [6, 6.07) is 8.61. The van der Waals surface area contributed by atoms with Crippen LogP contribution in [0.1, 0.15) is 82.9 Å². The Hall–Kier alpha value is -9.84. The minimum Gasteiger partial charge on any atom is -0.508 e. The molecule has 0 spiro atoms. The number of aromatic amines is 1. The van der Waals surface area contributed by atoms with Crippen LogP contribution in [0.2, 0.25) is 0 Å². The van der Waals surface area contributed by atoms with E-state index < -0.39 is 126 Å². The maximum Gasteiger partial charge on any atom is 0.334 e. The predicted octanol–water partition coefficient (Wildman–Crippen LogP) is -2.94. The SMILES string of the molecule is CNC(=N)NCCC[C@H](NC(=O)[C@H](CC(C)C)NC(=O)NNC(=O)[C@H](Cc1ccccc1)NC(=O)[C@@H](NC(=O)[C@H](CC(N)=O)NC(=O)[C@H](CCCN)NC(=O)[C@@H](Cc1ccc(O)cc1)NC(C)=O)[C@@H](C)O)C(=O)N[C@@H](Cc1c[nH]c2ccccc12)C(N)=O. The second-order valence-corrected chi connectivity index (χ2v) is 21.4. The number of primary amides is 2. The molecular formula is C58H83N17O13. The highest BCUT2D eigenvalue weighted by Gasteiger charge is 2.36. The van der Waals surface area contributed by atoms with Gasteiger partial charge in [0, 0.05) is 56.9 Å². The average Bonchev–Trinajstić information content (AvgIpc) is 2.29. The number of hydrazine groups is 1. The molecule has 478 valence electrons. The standard InChI is InChI=1S/C58H83N17O13/c1-31(2)25-43(52(83)68-41(18-12-24-64-57(62)63-5)50(81)69-42(49(61)80)28-36-30-65-39-16-10-9-15-38(36)39)72-58(88)75-74-55(86)45(26-34-13-7-6-8-14-34)71-56(87)48(32(3)76)73-54(85)46(29-47(60)79)70-51(82)40(17-11-23-59)67-53(84)44(66-33(4)77)27-35-19-21-37(78)22-20-35/h6-10,13-16,19-22,30-32,40-46,48,65,76,78H,11-12,17-18,23-29,59H2,1-5H3,(H2,60,79)(H2,61,80)(H,66,77)(H,67,84)(H,68,83)(H,69,81)(H,70,82)(H,71,87)(H,73,85)(H,74,86)(H3,62,63,64)(H2,72,75,88)/t32-,40+,41+,42+,43+,44-,45+,46+,48+/m1/s1. The van der Waals surface area contributed by atoms with Crippen molar-refractivity contribution < 1.29 is 63.0 Å². The van der Waals surface area contributed by atoms with Gasteiger partial charge in [-0.25, -0.2) is 10.2 Å². The molecule has 3 aromatic carbocycles. The molecule has 0 saturated heterocycles. The second kappa shape index (κ2) is 35.6. The lowest BCUT2D eigenvalue weighted by Crippen LogP contribution is -2.62. The molecule has 0 fully saturated rings. The zero-order valence-corrected chi connectivity index (χ0v) is 49.8. The number of nitrogens with two attached hydrogens (primary N) is 3. The Morgan fingerprint density at radius 1 is 0.580 bits per heavy atom. The molecule has 9 atom stereocenters. The van der Waals surface area contributed by atoms with Crippen LogP contribution in [0.4, 0.5) is 4.79 Å². The van der Waals surface area contributed by atoms with Gasteiger partial charge < -0.3 is 85.6 Å². The number of hydrogen-bond acceptors (Lipinski definition) is 15. The number of H-pyrrole nitrogens is 1. The number of phenols is 1. The molecule has 30 nitrogen and oxygen atoms in total. The summed E-state index contributed by atoms with van der Waals surface area (Å²) in [6.07, 6.45) is -0.764. The van der Waals surface area contributed by atoms with Crippen LogP contribution in [0.25, 0.3) is 10.9 Å². The summed E-state index contributed by atoms with van der Waals surface area (Å²) in [5, 5.41) is 54.8. The molecule has 12 amide bonds. The molecule has 88 heavy (non-hydrogen) atoms. The van der Waals surface area contributed by atoms with Gasteiger partial charge in [0.25, 0.3) is 5.91 Å². The van der Waals surface area contributed by atoms with Crippen molar-refractivity contribution in [3.8, 4) is 5.75 Å². The van der Waals surface area contributed by atoms with E-state index in [0.29, 0.717) is 16.7 Å². The molecule has 1 aromatic heterocycles. The third-order valence-corrected chi connectivity index (χ3v) is 13.7. The Morgan fingerprint density at radius 3 is 1.69 bits per heavy atom. The summed E-state index contributed by atoms with van der Waals surface area (Å²) in [5.74, 6) is -9.51. The first-order valence-electron chi connectivity index (χ1n) is 28.6. The summed E-state index contributed by atoms with van der Waals surface area (Å²) in [7, 11) is 1.54. The third kappa shape index (κ3) is 23.9. The first-order valence-corrected chi connectivity index (χ1v) is 28.6. The van der Waals surface area contributed by atoms with Gasteiger partial charge in [0.15, 0.2) is 5.96 Å². The zero-order chi connectivity index (χ0) is 65.0. The number of para-hydroxylation sites is 1. The van der Waals surface area contributed by atoms with Crippen molar-refractivity contribution in [3.63, 3.8) is 0 Å². The smallest absolute Gasteiger partial charge is 0.334 e. The van der Waals surface area contributed by atoms with Gasteiger partial charge in [0.05, 0.1) is 12.5 Å². The maximum absolute atomic E-state index is 14.1. The second-order valence-electron chi connectivity index (χ2n) is 21.4. The molecule has 22 N–H and O–H groups in total. The lowest BCUT2D eigenvalue weighted by atomic mass is 10.0. The quantitative estimate of drug-likeness (QED) is 0.00963. The Kier molecular flexibility index (Phi) is 28.6. The third-order valence-electron chi connectivity index (χ3n) is 13.7. The van der Waals surface area contributed by atoms with Crippen molar-refractivity contribution in [1.82, 2.24) is 69.0 Å². The van der Waals surface area contributed by atoms with Crippen LogP contribution in [-0.4, -0.2) is 161 Å². The number of amides is 12. The Labute approximate surface area is 508 Å². The number of urea groups is 1. The lowest BCUT2D eigenvalue weighted by molar-refractivity contribution is -0.137. The molecule has 0 aliphatic heterocycles. The van der Waals surface area contributed by atoms with Gasteiger partial charge in [-0.05, 0) is 86.4 Å². The van der Waals surface area contributed by atoms with Gasteiger partial charge in [0.2, 0.25) is 53.2 Å². The van der Waals surface area contributed by atoms with Crippen LogP contribution in [-0.2, 0) is 67.2 Å². The van der Waals surface area contributed by atoms with Crippen LogP contribution in [0.15, 0.2) is 85.1 Å². The molecule has 0 aliphatic rings. The largest absolute Gasteiger partial charge is 0.508 e. The fraction of sp³-hybridized carbons (Fsp3) is 0.448. The predicted molar refractivity (Wildman–Crippen MR) is 323 cm³/mol. The minimum atomic E-state index is -1.88. The number of hydrogen-bond donors (Lipinski definition) is 19. The highest BCUT2D eigenvalue weighted by molar-refractivity contribution is 5.99. The van der Waals surface area contributed by atoms with E-state index in [0.717, 1.165) is 17.8 Å². The average molecular weight is 1230 g/mol. The first-order chi connectivity index (χ1) is 41.8. The van der Waals surface area contributed by atoms with Crippen molar-refractivity contribution >= 4 is 82.0 Å². The normalized spacial score (nSPS) is 14.0. The number of benzene rings is 3. The van der Waals surface area contributed by atoms with Crippen LogP contribution in [0.3, 0.4) is 0 Å². The molecule has 4 rings (SSSR count). The zero-order valence-electron chi connectivity index (χ0n) is 49.8. The van der Waals surface area contributed by atoms with Crippen molar-refractivity contribution in [2.45, 2.75) is 140 Å². The Bertz CT molecular complexity index is 3050. The number of nitrogens with one attached hydrogen (secondary N) is 14.